The molecule has 0 aliphatic rings. The van der Waals surface area contributed by atoms with Gasteiger partial charge in [0.05, 0.1) is 0 Å². The maximum absolute atomic E-state index is 11.8. The third kappa shape index (κ3) is 3.10. The SMILES string of the molecule is CCCC(=O)c1ccn(Cc2cccc(C)c2)c1. The highest BCUT2D eigenvalue weighted by Gasteiger charge is 2.06. The van der Waals surface area contributed by atoms with Crippen LogP contribution in [0.2, 0.25) is 0 Å². The predicted molar refractivity (Wildman–Crippen MR) is 74.0 cm³/mol. The van der Waals surface area contributed by atoms with Gasteiger partial charge in [-0.2, -0.15) is 0 Å². The molecule has 0 aliphatic carbocycles. The molecular formula is C16H19NO. The Kier molecular flexibility index (Phi) is 3.98. The number of Topliss-reactive ketones (excluding diaryl/α,β-unsaturated/α-hetero) is 1. The molecule has 0 spiro atoms. The normalized spacial score (nSPS) is 10.6. The fourth-order valence-electron chi connectivity index (χ4n) is 2.10. The summed E-state index contributed by atoms with van der Waals surface area (Å²) in [5.41, 5.74) is 3.35. The summed E-state index contributed by atoms with van der Waals surface area (Å²) in [6.07, 6.45) is 5.46. The van der Waals surface area contributed by atoms with Crippen LogP contribution in [0.25, 0.3) is 0 Å². The third-order valence-electron chi connectivity index (χ3n) is 3.00. The van der Waals surface area contributed by atoms with Gasteiger partial charge in [0, 0.05) is 30.9 Å². The van der Waals surface area contributed by atoms with Gasteiger partial charge >= 0.3 is 0 Å². The molecule has 0 bridgehead atoms. The number of rotatable bonds is 5. The molecule has 0 saturated carbocycles. The van der Waals surface area contributed by atoms with Crippen LogP contribution in [0.15, 0.2) is 42.7 Å². The summed E-state index contributed by atoms with van der Waals surface area (Å²) in [4.78, 5) is 11.8. The predicted octanol–water partition coefficient (Wildman–Crippen LogP) is 3.83. The molecule has 0 N–H and O–H groups in total. The summed E-state index contributed by atoms with van der Waals surface area (Å²) in [7, 11) is 0. The van der Waals surface area contributed by atoms with E-state index in [1.165, 1.54) is 11.1 Å². The second kappa shape index (κ2) is 5.67. The Hall–Kier alpha value is -1.83. The lowest BCUT2D eigenvalue weighted by atomic mass is 10.1. The topological polar surface area (TPSA) is 22.0 Å². The Balaban J connectivity index is 2.09. The van der Waals surface area contributed by atoms with Crippen molar-refractivity contribution in [2.75, 3.05) is 0 Å². The summed E-state index contributed by atoms with van der Waals surface area (Å²) in [6.45, 7) is 4.94. The highest BCUT2D eigenvalue weighted by molar-refractivity contribution is 5.95. The van der Waals surface area contributed by atoms with Gasteiger partial charge in [0.25, 0.3) is 0 Å². The van der Waals surface area contributed by atoms with E-state index < -0.39 is 0 Å². The highest BCUT2D eigenvalue weighted by atomic mass is 16.1. The van der Waals surface area contributed by atoms with Crippen LogP contribution in [0.5, 0.6) is 0 Å². The maximum atomic E-state index is 11.8. The lowest BCUT2D eigenvalue weighted by Crippen LogP contribution is -1.99. The lowest BCUT2D eigenvalue weighted by molar-refractivity contribution is 0.0981. The van der Waals surface area contributed by atoms with Gasteiger partial charge in [0.2, 0.25) is 0 Å². The van der Waals surface area contributed by atoms with Gasteiger partial charge in [-0.15, -0.1) is 0 Å². The molecule has 0 aliphatic heterocycles. The van der Waals surface area contributed by atoms with Gasteiger partial charge in [-0.3, -0.25) is 4.79 Å². The number of carbonyl (C=O) groups excluding carboxylic acids is 1. The number of aryl methyl sites for hydroxylation is 1. The first-order chi connectivity index (χ1) is 8.69. The molecule has 2 rings (SSSR count). The average Bonchev–Trinajstić information content (AvgIpc) is 2.78. The number of hydrogen-bond acceptors (Lipinski definition) is 1. The van der Waals surface area contributed by atoms with Crippen molar-refractivity contribution in [2.45, 2.75) is 33.2 Å². The van der Waals surface area contributed by atoms with Crippen LogP contribution in [0, 0.1) is 6.92 Å². The molecule has 2 nitrogen and oxygen atoms in total. The van der Waals surface area contributed by atoms with E-state index in [0.717, 1.165) is 18.5 Å². The molecule has 0 fully saturated rings. The van der Waals surface area contributed by atoms with Crippen molar-refractivity contribution < 1.29 is 4.79 Å². The van der Waals surface area contributed by atoms with Crippen LogP contribution in [0.3, 0.4) is 0 Å². The molecule has 0 unspecified atom stereocenters. The first-order valence-corrected chi connectivity index (χ1v) is 6.43. The van der Waals surface area contributed by atoms with Gasteiger partial charge < -0.3 is 4.57 Å². The van der Waals surface area contributed by atoms with Crippen molar-refractivity contribution in [3.05, 3.63) is 59.4 Å². The van der Waals surface area contributed by atoms with Crippen LogP contribution < -0.4 is 0 Å². The summed E-state index contributed by atoms with van der Waals surface area (Å²) in [6, 6.07) is 10.4. The van der Waals surface area contributed by atoms with E-state index in [0.29, 0.717) is 6.42 Å². The molecule has 0 atom stereocenters. The van der Waals surface area contributed by atoms with Crippen molar-refractivity contribution in [1.29, 1.82) is 0 Å². The van der Waals surface area contributed by atoms with Crippen molar-refractivity contribution >= 4 is 5.78 Å². The summed E-state index contributed by atoms with van der Waals surface area (Å²) >= 11 is 0. The van der Waals surface area contributed by atoms with E-state index in [1.807, 2.05) is 25.4 Å². The van der Waals surface area contributed by atoms with E-state index in [1.54, 1.807) is 0 Å². The van der Waals surface area contributed by atoms with Crippen molar-refractivity contribution in [3.8, 4) is 0 Å². The lowest BCUT2D eigenvalue weighted by Gasteiger charge is -2.04. The number of carbonyl (C=O) groups is 1. The molecule has 94 valence electrons. The standard InChI is InChI=1S/C16H19NO/c1-3-5-16(18)15-8-9-17(12-15)11-14-7-4-6-13(2)10-14/h4,6-10,12H,3,5,11H2,1-2H3. The Morgan fingerprint density at radius 1 is 1.28 bits per heavy atom. The largest absolute Gasteiger partial charge is 0.349 e. The van der Waals surface area contributed by atoms with Crippen molar-refractivity contribution in [1.82, 2.24) is 4.57 Å². The smallest absolute Gasteiger partial charge is 0.164 e. The molecule has 1 heterocycles. The highest BCUT2D eigenvalue weighted by Crippen LogP contribution is 2.10. The Labute approximate surface area is 108 Å². The van der Waals surface area contributed by atoms with E-state index in [-0.39, 0.29) is 5.78 Å². The molecule has 1 aromatic carbocycles. The number of ketones is 1. The number of nitrogens with zero attached hydrogens (tertiary/aromatic N) is 1. The minimum Gasteiger partial charge on any atom is -0.349 e. The van der Waals surface area contributed by atoms with Crippen molar-refractivity contribution in [3.63, 3.8) is 0 Å². The molecule has 18 heavy (non-hydrogen) atoms. The van der Waals surface area contributed by atoms with E-state index in [9.17, 15) is 4.79 Å². The zero-order chi connectivity index (χ0) is 13.0. The fraction of sp³-hybridized carbons (Fsp3) is 0.312. The molecule has 2 aromatic rings. The first-order valence-electron chi connectivity index (χ1n) is 6.43. The first kappa shape index (κ1) is 12.6. The average molecular weight is 241 g/mol. The Morgan fingerprint density at radius 3 is 2.83 bits per heavy atom. The minimum absolute atomic E-state index is 0.237. The molecule has 1 aromatic heterocycles. The number of aromatic nitrogens is 1. The summed E-state index contributed by atoms with van der Waals surface area (Å²) < 4.78 is 2.07. The number of hydrogen-bond donors (Lipinski definition) is 0. The molecule has 0 radical (unpaired) electrons. The Bertz CT molecular complexity index is 540. The summed E-state index contributed by atoms with van der Waals surface area (Å²) in [5.74, 6) is 0.237. The van der Waals surface area contributed by atoms with Gasteiger partial charge in [0.1, 0.15) is 0 Å². The van der Waals surface area contributed by atoms with Gasteiger partial charge in [-0.1, -0.05) is 36.8 Å². The Morgan fingerprint density at radius 2 is 2.11 bits per heavy atom. The van der Waals surface area contributed by atoms with E-state index >= 15 is 0 Å². The fourth-order valence-corrected chi connectivity index (χ4v) is 2.10. The van der Waals surface area contributed by atoms with Crippen LogP contribution in [0.1, 0.15) is 41.3 Å². The molecule has 0 saturated heterocycles. The molecule has 2 heteroatoms. The minimum atomic E-state index is 0.237. The van der Waals surface area contributed by atoms with Crippen LogP contribution in [0.4, 0.5) is 0 Å². The molecular weight excluding hydrogens is 222 g/mol. The number of benzene rings is 1. The maximum Gasteiger partial charge on any atom is 0.164 e. The third-order valence-corrected chi connectivity index (χ3v) is 3.00. The van der Waals surface area contributed by atoms with E-state index in [4.69, 9.17) is 0 Å². The van der Waals surface area contributed by atoms with Crippen LogP contribution in [-0.2, 0) is 6.54 Å². The van der Waals surface area contributed by atoms with Crippen LogP contribution in [-0.4, -0.2) is 10.4 Å². The monoisotopic (exact) mass is 241 g/mol. The second-order valence-corrected chi connectivity index (χ2v) is 4.73. The van der Waals surface area contributed by atoms with Gasteiger partial charge in [-0.25, -0.2) is 0 Å². The molecule has 0 amide bonds. The van der Waals surface area contributed by atoms with Crippen molar-refractivity contribution in [2.24, 2.45) is 0 Å². The zero-order valence-corrected chi connectivity index (χ0v) is 11.0. The summed E-state index contributed by atoms with van der Waals surface area (Å²) in [5, 5.41) is 0. The van der Waals surface area contributed by atoms with Gasteiger partial charge in [-0.05, 0) is 25.0 Å². The van der Waals surface area contributed by atoms with Crippen LogP contribution >= 0.6 is 0 Å². The zero-order valence-electron chi connectivity index (χ0n) is 11.0. The van der Waals surface area contributed by atoms with Gasteiger partial charge in [0.15, 0.2) is 5.78 Å². The van der Waals surface area contributed by atoms with E-state index in [2.05, 4.69) is 35.8 Å². The quantitative estimate of drug-likeness (QED) is 0.729. The second-order valence-electron chi connectivity index (χ2n) is 4.73.